The SMILES string of the molecule is Fc1cc(-c2ccccc2)cc(-c2ccccc2)c1N(c1ccc(-c2ccc(-c3ccccc3)cc2)cc1)c1cccc2ccccc12. The van der Waals surface area contributed by atoms with Crippen LogP contribution >= 0.6 is 0 Å². The average molecular weight is 618 g/mol. The Morgan fingerprint density at radius 1 is 0.354 bits per heavy atom. The van der Waals surface area contributed by atoms with Crippen molar-refractivity contribution in [2.75, 3.05) is 4.90 Å². The highest BCUT2D eigenvalue weighted by atomic mass is 19.1. The van der Waals surface area contributed by atoms with E-state index in [-0.39, 0.29) is 5.82 Å². The maximum atomic E-state index is 17.0. The summed E-state index contributed by atoms with van der Waals surface area (Å²) in [6.45, 7) is 0. The van der Waals surface area contributed by atoms with Gasteiger partial charge in [-0.15, -0.1) is 0 Å². The monoisotopic (exact) mass is 617 g/mol. The molecule has 8 aromatic rings. The van der Waals surface area contributed by atoms with E-state index >= 15 is 4.39 Å². The minimum absolute atomic E-state index is 0.288. The molecule has 0 saturated heterocycles. The van der Waals surface area contributed by atoms with Crippen molar-refractivity contribution >= 4 is 27.8 Å². The Balaban J connectivity index is 1.30. The lowest BCUT2D eigenvalue weighted by Gasteiger charge is -2.30. The van der Waals surface area contributed by atoms with E-state index in [0.29, 0.717) is 5.69 Å². The van der Waals surface area contributed by atoms with Crippen LogP contribution in [0.3, 0.4) is 0 Å². The molecule has 0 atom stereocenters. The van der Waals surface area contributed by atoms with Crippen molar-refractivity contribution in [2.24, 2.45) is 0 Å². The van der Waals surface area contributed by atoms with Crippen LogP contribution in [0.5, 0.6) is 0 Å². The molecule has 0 fully saturated rings. The highest BCUT2D eigenvalue weighted by Gasteiger charge is 2.24. The van der Waals surface area contributed by atoms with E-state index in [0.717, 1.165) is 55.5 Å². The maximum absolute atomic E-state index is 17.0. The van der Waals surface area contributed by atoms with Gasteiger partial charge in [0.25, 0.3) is 0 Å². The summed E-state index contributed by atoms with van der Waals surface area (Å²) in [7, 11) is 0. The quantitative estimate of drug-likeness (QED) is 0.172. The number of rotatable bonds is 7. The molecule has 1 nitrogen and oxygen atoms in total. The lowest BCUT2D eigenvalue weighted by atomic mass is 9.95. The number of benzene rings is 8. The molecule has 0 spiro atoms. The second kappa shape index (κ2) is 12.9. The fourth-order valence-corrected chi connectivity index (χ4v) is 6.54. The zero-order chi connectivity index (χ0) is 32.3. The van der Waals surface area contributed by atoms with Gasteiger partial charge < -0.3 is 4.90 Å². The maximum Gasteiger partial charge on any atom is 0.148 e. The standard InChI is InChI=1S/C46H32FN/c47-44-32-40(34-15-6-2-7-16-34)31-43(39-17-8-3-9-18-39)46(44)48(45-22-12-20-38-19-10-11-21-42(38)45)41-29-27-37(28-30-41)36-25-23-35(24-26-36)33-13-4-1-5-14-33/h1-32H. The van der Waals surface area contributed by atoms with Crippen molar-refractivity contribution in [3.8, 4) is 44.5 Å². The van der Waals surface area contributed by atoms with E-state index < -0.39 is 0 Å². The smallest absolute Gasteiger partial charge is 0.148 e. The second-order valence-corrected chi connectivity index (χ2v) is 11.9. The molecule has 0 bridgehead atoms. The average Bonchev–Trinajstić information content (AvgIpc) is 3.17. The topological polar surface area (TPSA) is 3.24 Å². The van der Waals surface area contributed by atoms with Gasteiger partial charge in [-0.1, -0.05) is 164 Å². The van der Waals surface area contributed by atoms with E-state index in [1.807, 2.05) is 72.8 Å². The summed E-state index contributed by atoms with van der Waals surface area (Å²) in [4.78, 5) is 2.08. The van der Waals surface area contributed by atoms with Crippen LogP contribution in [0.1, 0.15) is 0 Å². The Hall–Kier alpha value is -6.25. The third-order valence-corrected chi connectivity index (χ3v) is 8.94. The molecule has 0 aliphatic rings. The molecule has 0 aromatic heterocycles. The molecular weight excluding hydrogens is 586 g/mol. The number of hydrogen-bond acceptors (Lipinski definition) is 1. The van der Waals surface area contributed by atoms with Crippen molar-refractivity contribution in [1.29, 1.82) is 0 Å². The van der Waals surface area contributed by atoms with E-state index in [2.05, 4.69) is 120 Å². The zero-order valence-electron chi connectivity index (χ0n) is 26.3. The molecule has 0 radical (unpaired) electrons. The summed E-state index contributed by atoms with van der Waals surface area (Å²) in [6, 6.07) is 65.9. The Bertz CT molecular complexity index is 2310. The Labute approximate surface area is 280 Å². The van der Waals surface area contributed by atoms with Crippen LogP contribution in [0.15, 0.2) is 194 Å². The number of anilines is 3. The fourth-order valence-electron chi connectivity index (χ4n) is 6.54. The number of hydrogen-bond donors (Lipinski definition) is 0. The summed E-state index contributed by atoms with van der Waals surface area (Å²) >= 11 is 0. The molecule has 228 valence electrons. The molecule has 0 unspecified atom stereocenters. The summed E-state index contributed by atoms with van der Waals surface area (Å²) < 4.78 is 17.0. The van der Waals surface area contributed by atoms with E-state index in [9.17, 15) is 0 Å². The second-order valence-electron chi connectivity index (χ2n) is 11.9. The van der Waals surface area contributed by atoms with Crippen molar-refractivity contribution in [1.82, 2.24) is 0 Å². The third-order valence-electron chi connectivity index (χ3n) is 8.94. The normalized spacial score (nSPS) is 11.0. The lowest BCUT2D eigenvalue weighted by Crippen LogP contribution is -2.14. The zero-order valence-corrected chi connectivity index (χ0v) is 26.3. The molecule has 0 saturated carbocycles. The van der Waals surface area contributed by atoms with Gasteiger partial charge in [-0.2, -0.15) is 0 Å². The highest BCUT2D eigenvalue weighted by Crippen LogP contribution is 2.46. The Morgan fingerprint density at radius 3 is 1.42 bits per heavy atom. The summed E-state index contributed by atoms with van der Waals surface area (Å²) in [5.74, 6) is -0.288. The molecule has 2 heteroatoms. The minimum Gasteiger partial charge on any atom is -0.307 e. The van der Waals surface area contributed by atoms with Crippen LogP contribution in [0, 0.1) is 5.82 Å². The van der Waals surface area contributed by atoms with Gasteiger partial charge in [0, 0.05) is 16.6 Å². The summed E-state index contributed by atoms with van der Waals surface area (Å²) in [5.41, 5.74) is 10.5. The van der Waals surface area contributed by atoms with Crippen LogP contribution in [0.2, 0.25) is 0 Å². The molecular formula is C46H32FN. The summed E-state index contributed by atoms with van der Waals surface area (Å²) in [5, 5.41) is 2.14. The van der Waals surface area contributed by atoms with Crippen molar-refractivity contribution in [2.45, 2.75) is 0 Å². The van der Waals surface area contributed by atoms with Gasteiger partial charge in [-0.3, -0.25) is 0 Å². The molecule has 0 heterocycles. The largest absolute Gasteiger partial charge is 0.307 e. The molecule has 0 amide bonds. The van der Waals surface area contributed by atoms with Crippen molar-refractivity contribution < 1.29 is 4.39 Å². The molecule has 0 N–H and O–H groups in total. The highest BCUT2D eigenvalue weighted by molar-refractivity contribution is 6.01. The van der Waals surface area contributed by atoms with Gasteiger partial charge in [-0.05, 0) is 74.7 Å². The van der Waals surface area contributed by atoms with Crippen LogP contribution in [0.4, 0.5) is 21.5 Å². The van der Waals surface area contributed by atoms with Gasteiger partial charge in [0.15, 0.2) is 0 Å². The van der Waals surface area contributed by atoms with E-state index in [4.69, 9.17) is 0 Å². The Kier molecular flexibility index (Phi) is 7.82. The van der Waals surface area contributed by atoms with Gasteiger partial charge in [-0.25, -0.2) is 4.39 Å². The van der Waals surface area contributed by atoms with Crippen molar-refractivity contribution in [3.63, 3.8) is 0 Å². The van der Waals surface area contributed by atoms with Gasteiger partial charge >= 0.3 is 0 Å². The van der Waals surface area contributed by atoms with E-state index in [1.54, 1.807) is 6.07 Å². The number of nitrogens with zero attached hydrogens (tertiary/aromatic N) is 1. The number of halogens is 1. The lowest BCUT2D eigenvalue weighted by molar-refractivity contribution is 0.630. The number of fused-ring (bicyclic) bond motifs is 1. The van der Waals surface area contributed by atoms with E-state index in [1.165, 1.54) is 11.1 Å². The van der Waals surface area contributed by atoms with Crippen LogP contribution in [-0.2, 0) is 0 Å². The molecule has 0 aliphatic heterocycles. The molecule has 48 heavy (non-hydrogen) atoms. The molecule has 0 aliphatic carbocycles. The van der Waals surface area contributed by atoms with Gasteiger partial charge in [0.05, 0.1) is 11.4 Å². The van der Waals surface area contributed by atoms with Crippen LogP contribution < -0.4 is 4.90 Å². The predicted molar refractivity (Wildman–Crippen MR) is 200 cm³/mol. The van der Waals surface area contributed by atoms with Crippen LogP contribution in [0.25, 0.3) is 55.3 Å². The first-order chi connectivity index (χ1) is 23.7. The van der Waals surface area contributed by atoms with Gasteiger partial charge in [0.1, 0.15) is 5.82 Å². The first-order valence-corrected chi connectivity index (χ1v) is 16.2. The molecule has 8 rings (SSSR count). The first-order valence-electron chi connectivity index (χ1n) is 16.2. The third kappa shape index (κ3) is 5.65. The minimum atomic E-state index is -0.288. The molecule has 8 aromatic carbocycles. The van der Waals surface area contributed by atoms with Crippen LogP contribution in [-0.4, -0.2) is 0 Å². The van der Waals surface area contributed by atoms with Gasteiger partial charge in [0.2, 0.25) is 0 Å². The Morgan fingerprint density at radius 2 is 0.812 bits per heavy atom. The predicted octanol–water partition coefficient (Wildman–Crippen LogP) is 13.1. The fraction of sp³-hybridized carbons (Fsp3) is 0. The summed E-state index contributed by atoms with van der Waals surface area (Å²) in [6.07, 6.45) is 0. The van der Waals surface area contributed by atoms with Crippen molar-refractivity contribution in [3.05, 3.63) is 200 Å². The first kappa shape index (κ1) is 29.2.